The minimum atomic E-state index is -4.44. The third-order valence-corrected chi connectivity index (χ3v) is 3.72. The monoisotopic (exact) mass is 301 g/mol. The van der Waals surface area contributed by atoms with E-state index in [1.807, 2.05) is 0 Å². The lowest BCUT2D eigenvalue weighted by molar-refractivity contribution is -0.146. The summed E-state index contributed by atoms with van der Waals surface area (Å²) in [5.41, 5.74) is -0.519. The maximum absolute atomic E-state index is 12.5. The summed E-state index contributed by atoms with van der Waals surface area (Å²) < 4.78 is 37.5. The highest BCUT2D eigenvalue weighted by molar-refractivity contribution is 6.08. The highest BCUT2D eigenvalue weighted by Gasteiger charge is 2.44. The van der Waals surface area contributed by atoms with Gasteiger partial charge in [-0.05, 0) is 30.2 Å². The van der Waals surface area contributed by atoms with Crippen LogP contribution in [0.15, 0.2) is 24.3 Å². The van der Waals surface area contributed by atoms with Crippen molar-refractivity contribution in [3.8, 4) is 0 Å². The molecule has 1 aliphatic heterocycles. The topological polar surface area (TPSA) is 57.6 Å². The van der Waals surface area contributed by atoms with Crippen molar-refractivity contribution in [3.05, 3.63) is 29.8 Å². The van der Waals surface area contributed by atoms with Gasteiger partial charge in [-0.2, -0.15) is 13.2 Å². The molecule has 21 heavy (non-hydrogen) atoms. The predicted octanol–water partition coefficient (Wildman–Crippen LogP) is 2.78. The molecule has 2 atom stereocenters. The number of hydrogen-bond donors (Lipinski definition) is 1. The number of hydrogen-bond acceptors (Lipinski definition) is 2. The lowest BCUT2D eigenvalue weighted by Crippen LogP contribution is -2.30. The molecule has 0 spiro atoms. The molecule has 1 aromatic rings. The molecule has 2 rings (SSSR count). The lowest BCUT2D eigenvalue weighted by atomic mass is 9.93. The van der Waals surface area contributed by atoms with E-state index >= 15 is 0 Å². The van der Waals surface area contributed by atoms with E-state index in [-0.39, 0.29) is 18.2 Å². The first-order valence-electron chi connectivity index (χ1n) is 6.47. The number of carbonyl (C=O) groups excluding carboxylic acids is 1. The smallest absolute Gasteiger partial charge is 0.416 e. The zero-order valence-electron chi connectivity index (χ0n) is 11.2. The SMILES string of the molecule is CCC1CN(c2ccc(C(F)(F)F)cc2)C(=O)C1C(=O)O. The molecule has 0 bridgehead atoms. The number of carboxylic acids is 1. The van der Waals surface area contributed by atoms with Crippen LogP contribution in [0.5, 0.6) is 0 Å². The zero-order valence-corrected chi connectivity index (χ0v) is 11.2. The van der Waals surface area contributed by atoms with Crippen LogP contribution in [0, 0.1) is 11.8 Å². The number of carboxylic acid groups (broad SMARTS) is 1. The van der Waals surface area contributed by atoms with Gasteiger partial charge < -0.3 is 10.0 Å². The first-order valence-corrected chi connectivity index (χ1v) is 6.47. The molecule has 1 N–H and O–H groups in total. The fourth-order valence-electron chi connectivity index (χ4n) is 2.53. The van der Waals surface area contributed by atoms with Crippen LogP contribution in [0.2, 0.25) is 0 Å². The standard InChI is InChI=1S/C14H14F3NO3/c1-2-8-7-18(12(19)11(8)13(20)21)10-5-3-9(4-6-10)14(15,16)17/h3-6,8,11H,2,7H2,1H3,(H,20,21). The number of carbonyl (C=O) groups is 2. The third kappa shape index (κ3) is 2.86. The van der Waals surface area contributed by atoms with Crippen molar-refractivity contribution in [2.45, 2.75) is 19.5 Å². The van der Waals surface area contributed by atoms with E-state index in [1.165, 1.54) is 17.0 Å². The number of rotatable bonds is 3. The molecular formula is C14H14F3NO3. The molecule has 114 valence electrons. The molecule has 1 heterocycles. The quantitative estimate of drug-likeness (QED) is 0.873. The average Bonchev–Trinajstić information content (AvgIpc) is 2.75. The highest BCUT2D eigenvalue weighted by Crippen LogP contribution is 2.34. The Balaban J connectivity index is 2.27. The molecular weight excluding hydrogens is 287 g/mol. The number of halogens is 3. The van der Waals surface area contributed by atoms with Gasteiger partial charge in [-0.1, -0.05) is 13.3 Å². The van der Waals surface area contributed by atoms with Gasteiger partial charge in [-0.15, -0.1) is 0 Å². The van der Waals surface area contributed by atoms with Crippen molar-refractivity contribution in [3.63, 3.8) is 0 Å². The first-order chi connectivity index (χ1) is 9.75. The minimum Gasteiger partial charge on any atom is -0.481 e. The number of nitrogens with zero attached hydrogens (tertiary/aromatic N) is 1. The Morgan fingerprint density at radius 1 is 1.33 bits per heavy atom. The van der Waals surface area contributed by atoms with Crippen LogP contribution in [0.3, 0.4) is 0 Å². The van der Waals surface area contributed by atoms with Crippen LogP contribution in [0.4, 0.5) is 18.9 Å². The minimum absolute atomic E-state index is 0.206. The summed E-state index contributed by atoms with van der Waals surface area (Å²) in [5, 5.41) is 9.10. The fraction of sp³-hybridized carbons (Fsp3) is 0.429. The first kappa shape index (κ1) is 15.3. The lowest BCUT2D eigenvalue weighted by Gasteiger charge is -2.17. The molecule has 1 aromatic carbocycles. The molecule has 4 nitrogen and oxygen atoms in total. The summed E-state index contributed by atoms with van der Waals surface area (Å²) in [5.74, 6) is -3.23. The van der Waals surface area contributed by atoms with E-state index < -0.39 is 29.5 Å². The number of alkyl halides is 3. The summed E-state index contributed by atoms with van der Waals surface area (Å²) >= 11 is 0. The Kier molecular flexibility index (Phi) is 3.93. The second kappa shape index (κ2) is 5.38. The van der Waals surface area contributed by atoms with Gasteiger partial charge in [0.25, 0.3) is 0 Å². The molecule has 1 saturated heterocycles. The van der Waals surface area contributed by atoms with E-state index in [4.69, 9.17) is 5.11 Å². The molecule has 1 aliphatic rings. The zero-order chi connectivity index (χ0) is 15.8. The van der Waals surface area contributed by atoms with Crippen LogP contribution in [0.25, 0.3) is 0 Å². The Morgan fingerprint density at radius 3 is 2.29 bits per heavy atom. The third-order valence-electron chi connectivity index (χ3n) is 3.72. The number of amides is 1. The van der Waals surface area contributed by atoms with Gasteiger partial charge in [0.2, 0.25) is 5.91 Å². The Bertz CT molecular complexity index is 554. The molecule has 1 amide bonds. The van der Waals surface area contributed by atoms with Gasteiger partial charge in [0.15, 0.2) is 0 Å². The van der Waals surface area contributed by atoms with Crippen LogP contribution in [-0.4, -0.2) is 23.5 Å². The Morgan fingerprint density at radius 2 is 1.90 bits per heavy atom. The van der Waals surface area contributed by atoms with Gasteiger partial charge in [0, 0.05) is 12.2 Å². The number of aliphatic carboxylic acids is 1. The van der Waals surface area contributed by atoms with Crippen LogP contribution >= 0.6 is 0 Å². The van der Waals surface area contributed by atoms with Crippen molar-refractivity contribution < 1.29 is 27.9 Å². The molecule has 2 unspecified atom stereocenters. The van der Waals surface area contributed by atoms with E-state index in [9.17, 15) is 22.8 Å². The summed E-state index contributed by atoms with van der Waals surface area (Å²) in [6.07, 6.45) is -3.93. The average molecular weight is 301 g/mol. The van der Waals surface area contributed by atoms with E-state index in [2.05, 4.69) is 0 Å². The maximum Gasteiger partial charge on any atom is 0.416 e. The van der Waals surface area contributed by atoms with Gasteiger partial charge >= 0.3 is 12.1 Å². The van der Waals surface area contributed by atoms with Crippen molar-refractivity contribution in [1.82, 2.24) is 0 Å². The predicted molar refractivity (Wildman–Crippen MR) is 68.7 cm³/mol. The number of benzene rings is 1. The fourth-order valence-corrected chi connectivity index (χ4v) is 2.53. The largest absolute Gasteiger partial charge is 0.481 e. The Hall–Kier alpha value is -2.05. The second-order valence-electron chi connectivity index (χ2n) is 4.98. The normalized spacial score (nSPS) is 22.7. The number of anilines is 1. The van der Waals surface area contributed by atoms with Gasteiger partial charge in [0.1, 0.15) is 5.92 Å². The highest BCUT2D eigenvalue weighted by atomic mass is 19.4. The Labute approximate surface area is 119 Å². The van der Waals surface area contributed by atoms with E-state index in [0.717, 1.165) is 12.1 Å². The van der Waals surface area contributed by atoms with Crippen molar-refractivity contribution in [2.24, 2.45) is 11.8 Å². The summed E-state index contributed by atoms with van der Waals surface area (Å²) in [7, 11) is 0. The summed E-state index contributed by atoms with van der Waals surface area (Å²) in [6, 6.07) is 4.16. The molecule has 1 fully saturated rings. The van der Waals surface area contributed by atoms with Crippen molar-refractivity contribution in [1.29, 1.82) is 0 Å². The van der Waals surface area contributed by atoms with Crippen LogP contribution < -0.4 is 4.90 Å². The molecule has 0 radical (unpaired) electrons. The van der Waals surface area contributed by atoms with E-state index in [0.29, 0.717) is 6.42 Å². The van der Waals surface area contributed by atoms with Gasteiger partial charge in [-0.3, -0.25) is 9.59 Å². The second-order valence-corrected chi connectivity index (χ2v) is 4.98. The summed E-state index contributed by atoms with van der Waals surface area (Å²) in [6.45, 7) is 1.99. The van der Waals surface area contributed by atoms with Crippen LogP contribution in [-0.2, 0) is 15.8 Å². The molecule has 7 heteroatoms. The van der Waals surface area contributed by atoms with Gasteiger partial charge in [0.05, 0.1) is 5.56 Å². The maximum atomic E-state index is 12.5. The van der Waals surface area contributed by atoms with Crippen LogP contribution in [0.1, 0.15) is 18.9 Å². The van der Waals surface area contributed by atoms with Crippen molar-refractivity contribution in [2.75, 3.05) is 11.4 Å². The summed E-state index contributed by atoms with van der Waals surface area (Å²) in [4.78, 5) is 24.5. The molecule has 0 aliphatic carbocycles. The van der Waals surface area contributed by atoms with E-state index in [1.54, 1.807) is 6.92 Å². The molecule has 0 saturated carbocycles. The molecule has 0 aromatic heterocycles. The van der Waals surface area contributed by atoms with Gasteiger partial charge in [-0.25, -0.2) is 0 Å². The van der Waals surface area contributed by atoms with Crippen molar-refractivity contribution >= 4 is 17.6 Å².